The van der Waals surface area contributed by atoms with E-state index in [0.29, 0.717) is 0 Å². The number of carbonyl (C=O) groups excluding carboxylic acids is 1. The Labute approximate surface area is 148 Å². The van der Waals surface area contributed by atoms with Gasteiger partial charge in [-0.3, -0.25) is 4.90 Å². The number of nitrogens with zero attached hydrogens (tertiary/aromatic N) is 2. The van der Waals surface area contributed by atoms with E-state index in [-0.39, 0.29) is 6.09 Å². The van der Waals surface area contributed by atoms with Crippen molar-refractivity contribution >= 4 is 6.09 Å². The summed E-state index contributed by atoms with van der Waals surface area (Å²) in [5.41, 5.74) is -0.407. The third-order valence-corrected chi connectivity index (χ3v) is 5.23. The molecule has 0 aromatic heterocycles. The van der Waals surface area contributed by atoms with Gasteiger partial charge in [0.2, 0.25) is 0 Å². The minimum Gasteiger partial charge on any atom is -0.444 e. The number of nitrogens with one attached hydrogen (secondary N) is 1. The fourth-order valence-electron chi connectivity index (χ4n) is 3.46. The Bertz CT molecular complexity index is 392. The average Bonchev–Trinajstić information content (AvgIpc) is 2.43. The van der Waals surface area contributed by atoms with Crippen LogP contribution in [0.25, 0.3) is 0 Å². The fraction of sp³-hybridized carbons (Fsp3) is 0.947. The van der Waals surface area contributed by atoms with Gasteiger partial charge in [-0.15, -0.1) is 0 Å². The van der Waals surface area contributed by atoms with Crippen LogP contribution in [0.5, 0.6) is 0 Å². The second-order valence-electron chi connectivity index (χ2n) is 8.79. The molecule has 2 aliphatic rings. The Morgan fingerprint density at radius 1 is 1.17 bits per heavy atom. The zero-order valence-corrected chi connectivity index (χ0v) is 16.3. The van der Waals surface area contributed by atoms with Gasteiger partial charge in [0, 0.05) is 32.2 Å². The number of carbonyl (C=O) groups is 1. The molecule has 1 amide bonds. The monoisotopic (exact) mass is 339 g/mol. The number of amides is 1. The Morgan fingerprint density at radius 2 is 1.79 bits per heavy atom. The van der Waals surface area contributed by atoms with E-state index in [1.54, 1.807) is 0 Å². The normalized spacial score (nSPS) is 25.7. The summed E-state index contributed by atoms with van der Waals surface area (Å²) in [4.78, 5) is 16.3. The van der Waals surface area contributed by atoms with Crippen molar-refractivity contribution in [2.75, 3.05) is 39.3 Å². The lowest BCUT2D eigenvalue weighted by Gasteiger charge is -2.39. The van der Waals surface area contributed by atoms with Crippen LogP contribution in [0.1, 0.15) is 53.9 Å². The van der Waals surface area contributed by atoms with Gasteiger partial charge >= 0.3 is 6.09 Å². The molecular formula is C19H37N3O2. The smallest absolute Gasteiger partial charge is 0.410 e. The zero-order valence-electron chi connectivity index (χ0n) is 16.3. The number of hydrogen-bond acceptors (Lipinski definition) is 4. The number of piperazine rings is 1. The van der Waals surface area contributed by atoms with Gasteiger partial charge in [0.05, 0.1) is 0 Å². The minimum atomic E-state index is -0.407. The molecule has 0 aromatic rings. The van der Waals surface area contributed by atoms with Crippen molar-refractivity contribution in [2.45, 2.75) is 65.5 Å². The third-order valence-electron chi connectivity index (χ3n) is 5.23. The first-order valence-corrected chi connectivity index (χ1v) is 9.68. The second-order valence-corrected chi connectivity index (χ2v) is 8.79. The van der Waals surface area contributed by atoms with E-state index < -0.39 is 5.60 Å². The largest absolute Gasteiger partial charge is 0.444 e. The van der Waals surface area contributed by atoms with E-state index in [1.807, 2.05) is 25.7 Å². The molecule has 5 heteroatoms. The van der Waals surface area contributed by atoms with Crippen LogP contribution < -0.4 is 5.32 Å². The van der Waals surface area contributed by atoms with Crippen LogP contribution in [0.15, 0.2) is 0 Å². The van der Waals surface area contributed by atoms with Crippen LogP contribution in [0.4, 0.5) is 4.79 Å². The van der Waals surface area contributed by atoms with E-state index in [2.05, 4.69) is 24.1 Å². The molecule has 1 saturated heterocycles. The Kier molecular flexibility index (Phi) is 6.93. The first-order chi connectivity index (χ1) is 11.2. The van der Waals surface area contributed by atoms with Crippen LogP contribution >= 0.6 is 0 Å². The highest BCUT2D eigenvalue weighted by atomic mass is 16.6. The Hall–Kier alpha value is -0.810. The quantitative estimate of drug-likeness (QED) is 0.756. The van der Waals surface area contributed by atoms with Gasteiger partial charge in [0.25, 0.3) is 0 Å². The molecule has 2 fully saturated rings. The van der Waals surface area contributed by atoms with Gasteiger partial charge in [-0.2, -0.15) is 0 Å². The highest BCUT2D eigenvalue weighted by molar-refractivity contribution is 5.68. The first-order valence-electron chi connectivity index (χ1n) is 9.68. The SMILES string of the molecule is CC(C)C1CC(NCCCN2CCN(C(=O)OC(C)(C)C)CC2)C1. The fourth-order valence-corrected chi connectivity index (χ4v) is 3.46. The Balaban J connectivity index is 1.52. The summed E-state index contributed by atoms with van der Waals surface area (Å²) in [7, 11) is 0. The summed E-state index contributed by atoms with van der Waals surface area (Å²) < 4.78 is 5.44. The number of hydrogen-bond donors (Lipinski definition) is 1. The van der Waals surface area contributed by atoms with Crippen molar-refractivity contribution in [2.24, 2.45) is 11.8 Å². The molecule has 0 atom stereocenters. The molecule has 1 saturated carbocycles. The summed E-state index contributed by atoms with van der Waals surface area (Å²) in [6.07, 6.45) is 3.72. The molecule has 2 rings (SSSR count). The maximum absolute atomic E-state index is 12.0. The molecule has 1 aliphatic carbocycles. The van der Waals surface area contributed by atoms with Crippen LogP contribution in [-0.2, 0) is 4.74 Å². The minimum absolute atomic E-state index is 0.173. The lowest BCUT2D eigenvalue weighted by atomic mass is 9.74. The van der Waals surface area contributed by atoms with Crippen LogP contribution in [0, 0.1) is 11.8 Å². The summed E-state index contributed by atoms with van der Waals surface area (Å²) >= 11 is 0. The van der Waals surface area contributed by atoms with Crippen molar-refractivity contribution in [3.8, 4) is 0 Å². The van der Waals surface area contributed by atoms with Gasteiger partial charge in [-0.25, -0.2) is 4.79 Å². The zero-order chi connectivity index (χ0) is 17.7. The van der Waals surface area contributed by atoms with E-state index >= 15 is 0 Å². The topological polar surface area (TPSA) is 44.8 Å². The van der Waals surface area contributed by atoms with Crippen molar-refractivity contribution in [3.05, 3.63) is 0 Å². The van der Waals surface area contributed by atoms with Crippen molar-refractivity contribution < 1.29 is 9.53 Å². The van der Waals surface area contributed by atoms with Gasteiger partial charge in [0.15, 0.2) is 0 Å². The van der Waals surface area contributed by atoms with Gasteiger partial charge in [-0.05, 0) is 65.0 Å². The summed E-state index contributed by atoms with van der Waals surface area (Å²) in [5.74, 6) is 1.77. The lowest BCUT2D eigenvalue weighted by Crippen LogP contribution is -2.50. The van der Waals surface area contributed by atoms with Gasteiger partial charge < -0.3 is 15.0 Å². The molecule has 140 valence electrons. The maximum atomic E-state index is 12.0. The van der Waals surface area contributed by atoms with Crippen LogP contribution in [0.2, 0.25) is 0 Å². The molecule has 5 nitrogen and oxygen atoms in total. The van der Waals surface area contributed by atoms with E-state index in [0.717, 1.165) is 57.1 Å². The highest BCUT2D eigenvalue weighted by Crippen LogP contribution is 2.33. The molecule has 0 bridgehead atoms. The molecule has 1 heterocycles. The predicted octanol–water partition coefficient (Wildman–Crippen LogP) is 2.95. The average molecular weight is 340 g/mol. The molecular weight excluding hydrogens is 302 g/mol. The summed E-state index contributed by atoms with van der Waals surface area (Å²) in [6.45, 7) is 16.1. The van der Waals surface area contributed by atoms with Gasteiger partial charge in [-0.1, -0.05) is 13.8 Å². The molecule has 0 radical (unpaired) electrons. The highest BCUT2D eigenvalue weighted by Gasteiger charge is 2.30. The third kappa shape index (κ3) is 6.25. The van der Waals surface area contributed by atoms with Crippen molar-refractivity contribution in [1.82, 2.24) is 15.1 Å². The maximum Gasteiger partial charge on any atom is 0.410 e. The molecule has 1 N–H and O–H groups in total. The number of rotatable bonds is 6. The van der Waals surface area contributed by atoms with Crippen molar-refractivity contribution in [1.29, 1.82) is 0 Å². The number of ether oxygens (including phenoxy) is 1. The molecule has 1 aliphatic heterocycles. The van der Waals surface area contributed by atoms with E-state index in [4.69, 9.17) is 4.74 Å². The molecule has 24 heavy (non-hydrogen) atoms. The summed E-state index contributed by atoms with van der Waals surface area (Å²) in [6, 6.07) is 0.751. The lowest BCUT2D eigenvalue weighted by molar-refractivity contribution is 0.0144. The standard InChI is InChI=1S/C19H37N3O2/c1-15(2)16-13-17(14-16)20-7-6-8-21-9-11-22(12-10-21)18(23)24-19(3,4)5/h15-17,20H,6-14H2,1-5H3. The molecule has 0 aromatic carbocycles. The van der Waals surface area contributed by atoms with E-state index in [1.165, 1.54) is 19.3 Å². The predicted molar refractivity (Wildman–Crippen MR) is 98.2 cm³/mol. The Morgan fingerprint density at radius 3 is 2.33 bits per heavy atom. The van der Waals surface area contributed by atoms with Crippen LogP contribution in [0.3, 0.4) is 0 Å². The molecule has 0 unspecified atom stereocenters. The van der Waals surface area contributed by atoms with Gasteiger partial charge in [0.1, 0.15) is 5.60 Å². The second kappa shape index (κ2) is 8.52. The first kappa shape index (κ1) is 19.5. The van der Waals surface area contributed by atoms with Crippen molar-refractivity contribution in [3.63, 3.8) is 0 Å². The van der Waals surface area contributed by atoms with Crippen LogP contribution in [-0.4, -0.2) is 66.8 Å². The summed E-state index contributed by atoms with van der Waals surface area (Å²) in [5, 5.41) is 3.69. The molecule has 0 spiro atoms. The van der Waals surface area contributed by atoms with E-state index in [9.17, 15) is 4.79 Å².